The zero-order chi connectivity index (χ0) is 13.7. The molecule has 3 nitrogen and oxygen atoms in total. The average molecular weight is 256 g/mol. The van der Waals surface area contributed by atoms with Gasteiger partial charge in [0.25, 0.3) is 0 Å². The number of benzene rings is 1. The molecular formula is C16H20N2O. The highest BCUT2D eigenvalue weighted by Gasteiger charge is 2.06. The topological polar surface area (TPSA) is 48.1 Å². The van der Waals surface area contributed by atoms with Gasteiger partial charge in [-0.2, -0.15) is 0 Å². The van der Waals surface area contributed by atoms with Gasteiger partial charge in [0.15, 0.2) is 0 Å². The normalized spacial score (nSPS) is 10.5. The predicted molar refractivity (Wildman–Crippen MR) is 77.0 cm³/mol. The Morgan fingerprint density at radius 2 is 1.84 bits per heavy atom. The minimum Gasteiger partial charge on any atom is -0.487 e. The highest BCUT2D eigenvalue weighted by atomic mass is 16.5. The van der Waals surface area contributed by atoms with Gasteiger partial charge in [0.1, 0.15) is 12.4 Å². The summed E-state index contributed by atoms with van der Waals surface area (Å²) in [5.41, 5.74) is 10.0. The quantitative estimate of drug-likeness (QED) is 0.894. The number of aromatic nitrogens is 1. The molecule has 0 bridgehead atoms. The van der Waals surface area contributed by atoms with Gasteiger partial charge in [-0.05, 0) is 36.6 Å². The van der Waals surface area contributed by atoms with E-state index in [1.807, 2.05) is 37.3 Å². The maximum Gasteiger partial charge on any atom is 0.141 e. The number of nitrogens with zero attached hydrogens (tertiary/aromatic N) is 1. The molecule has 100 valence electrons. The molecule has 0 radical (unpaired) electrons. The van der Waals surface area contributed by atoms with Crippen LogP contribution in [0.1, 0.15) is 29.4 Å². The van der Waals surface area contributed by atoms with Crippen LogP contribution in [0, 0.1) is 6.92 Å². The first-order valence-electron chi connectivity index (χ1n) is 6.60. The van der Waals surface area contributed by atoms with Crippen molar-refractivity contribution in [2.45, 2.75) is 33.4 Å². The fourth-order valence-corrected chi connectivity index (χ4v) is 2.04. The molecule has 1 aromatic heterocycles. The number of nitrogens with two attached hydrogens (primary N) is 1. The highest BCUT2D eigenvalue weighted by Crippen LogP contribution is 2.19. The van der Waals surface area contributed by atoms with Crippen LogP contribution in [0.25, 0.3) is 0 Å². The van der Waals surface area contributed by atoms with Crippen molar-refractivity contribution in [2.24, 2.45) is 5.73 Å². The molecule has 0 saturated heterocycles. The molecule has 0 fully saturated rings. The van der Waals surface area contributed by atoms with Crippen molar-refractivity contribution in [1.82, 2.24) is 4.98 Å². The third-order valence-corrected chi connectivity index (χ3v) is 3.13. The Kier molecular flexibility index (Phi) is 4.53. The highest BCUT2D eigenvalue weighted by molar-refractivity contribution is 5.31. The lowest BCUT2D eigenvalue weighted by Gasteiger charge is -2.12. The predicted octanol–water partition coefficient (Wildman–Crippen LogP) is 2.99. The standard InChI is InChI=1S/C16H20N2O/c1-3-15-16(9-8-12(2)18-15)19-11-14-7-5-4-6-13(14)10-17/h4-9H,3,10-11,17H2,1-2H3. The van der Waals surface area contributed by atoms with Crippen LogP contribution in [0.3, 0.4) is 0 Å². The monoisotopic (exact) mass is 256 g/mol. The second kappa shape index (κ2) is 6.34. The Balaban J connectivity index is 2.14. The number of aryl methyl sites for hydroxylation is 2. The van der Waals surface area contributed by atoms with Crippen LogP contribution in [0.2, 0.25) is 0 Å². The molecule has 0 atom stereocenters. The van der Waals surface area contributed by atoms with E-state index in [0.29, 0.717) is 13.2 Å². The van der Waals surface area contributed by atoms with Crippen molar-refractivity contribution < 1.29 is 4.74 Å². The molecule has 2 aromatic rings. The number of hydrogen-bond donors (Lipinski definition) is 1. The van der Waals surface area contributed by atoms with Crippen molar-refractivity contribution >= 4 is 0 Å². The van der Waals surface area contributed by atoms with Crippen LogP contribution in [0.15, 0.2) is 36.4 Å². The summed E-state index contributed by atoms with van der Waals surface area (Å²) in [4.78, 5) is 4.50. The van der Waals surface area contributed by atoms with Gasteiger partial charge >= 0.3 is 0 Å². The Hall–Kier alpha value is -1.87. The summed E-state index contributed by atoms with van der Waals surface area (Å²) in [6.07, 6.45) is 0.871. The van der Waals surface area contributed by atoms with E-state index in [0.717, 1.165) is 34.7 Å². The molecule has 0 unspecified atom stereocenters. The third kappa shape index (κ3) is 3.32. The van der Waals surface area contributed by atoms with Gasteiger partial charge in [0.2, 0.25) is 0 Å². The van der Waals surface area contributed by atoms with Crippen LogP contribution in [-0.2, 0) is 19.6 Å². The van der Waals surface area contributed by atoms with Gasteiger partial charge < -0.3 is 10.5 Å². The van der Waals surface area contributed by atoms with Crippen molar-refractivity contribution in [3.63, 3.8) is 0 Å². The van der Waals surface area contributed by atoms with Gasteiger partial charge in [0, 0.05) is 12.2 Å². The maximum absolute atomic E-state index is 5.89. The first-order valence-corrected chi connectivity index (χ1v) is 6.60. The number of rotatable bonds is 5. The molecule has 0 spiro atoms. The van der Waals surface area contributed by atoms with Crippen molar-refractivity contribution in [3.8, 4) is 5.75 Å². The molecule has 0 aliphatic heterocycles. The summed E-state index contributed by atoms with van der Waals surface area (Å²) in [5, 5.41) is 0. The fourth-order valence-electron chi connectivity index (χ4n) is 2.04. The molecule has 0 saturated carbocycles. The smallest absolute Gasteiger partial charge is 0.141 e. The van der Waals surface area contributed by atoms with Crippen LogP contribution in [0.5, 0.6) is 5.75 Å². The Bertz CT molecular complexity index is 552. The number of hydrogen-bond acceptors (Lipinski definition) is 3. The summed E-state index contributed by atoms with van der Waals surface area (Å²) in [6.45, 7) is 5.15. The molecule has 1 aromatic carbocycles. The number of pyridine rings is 1. The molecule has 2 rings (SSSR count). The molecular weight excluding hydrogens is 236 g/mol. The first-order chi connectivity index (χ1) is 9.24. The van der Waals surface area contributed by atoms with E-state index in [1.165, 1.54) is 0 Å². The summed E-state index contributed by atoms with van der Waals surface area (Å²) in [5.74, 6) is 0.861. The lowest BCUT2D eigenvalue weighted by atomic mass is 10.1. The van der Waals surface area contributed by atoms with E-state index in [1.54, 1.807) is 0 Å². The molecule has 2 N–H and O–H groups in total. The zero-order valence-corrected chi connectivity index (χ0v) is 11.5. The summed E-state index contributed by atoms with van der Waals surface area (Å²) in [6, 6.07) is 12.1. The number of ether oxygens (including phenoxy) is 1. The Morgan fingerprint density at radius 1 is 1.11 bits per heavy atom. The second-order valence-corrected chi connectivity index (χ2v) is 4.51. The van der Waals surface area contributed by atoms with Gasteiger partial charge in [-0.1, -0.05) is 31.2 Å². The lowest BCUT2D eigenvalue weighted by Crippen LogP contribution is -2.06. The summed E-state index contributed by atoms with van der Waals surface area (Å²) < 4.78 is 5.89. The van der Waals surface area contributed by atoms with E-state index >= 15 is 0 Å². The molecule has 19 heavy (non-hydrogen) atoms. The van der Waals surface area contributed by atoms with E-state index in [4.69, 9.17) is 10.5 Å². The van der Waals surface area contributed by atoms with Crippen LogP contribution < -0.4 is 10.5 Å². The molecule has 3 heteroatoms. The van der Waals surface area contributed by atoms with E-state index < -0.39 is 0 Å². The van der Waals surface area contributed by atoms with Gasteiger partial charge in [-0.3, -0.25) is 4.98 Å². The molecule has 1 heterocycles. The van der Waals surface area contributed by atoms with Crippen molar-refractivity contribution in [2.75, 3.05) is 0 Å². The third-order valence-electron chi connectivity index (χ3n) is 3.13. The van der Waals surface area contributed by atoms with E-state index in [2.05, 4.69) is 18.0 Å². The summed E-state index contributed by atoms with van der Waals surface area (Å²) in [7, 11) is 0. The molecule has 0 amide bonds. The zero-order valence-electron chi connectivity index (χ0n) is 11.5. The van der Waals surface area contributed by atoms with Crippen molar-refractivity contribution in [3.05, 3.63) is 58.9 Å². The van der Waals surface area contributed by atoms with Gasteiger partial charge in [-0.25, -0.2) is 0 Å². The van der Waals surface area contributed by atoms with Crippen LogP contribution in [0.4, 0.5) is 0 Å². The lowest BCUT2D eigenvalue weighted by molar-refractivity contribution is 0.300. The van der Waals surface area contributed by atoms with Crippen LogP contribution in [-0.4, -0.2) is 4.98 Å². The van der Waals surface area contributed by atoms with Gasteiger partial charge in [-0.15, -0.1) is 0 Å². The first kappa shape index (κ1) is 13.6. The largest absolute Gasteiger partial charge is 0.487 e. The van der Waals surface area contributed by atoms with Crippen LogP contribution >= 0.6 is 0 Å². The van der Waals surface area contributed by atoms with Crippen molar-refractivity contribution in [1.29, 1.82) is 0 Å². The van der Waals surface area contributed by atoms with E-state index in [9.17, 15) is 0 Å². The second-order valence-electron chi connectivity index (χ2n) is 4.51. The average Bonchev–Trinajstić information content (AvgIpc) is 2.46. The van der Waals surface area contributed by atoms with E-state index in [-0.39, 0.29) is 0 Å². The summed E-state index contributed by atoms with van der Waals surface area (Å²) >= 11 is 0. The molecule has 0 aliphatic carbocycles. The van der Waals surface area contributed by atoms with Gasteiger partial charge in [0.05, 0.1) is 5.69 Å². The Labute approximate surface area is 114 Å². The minimum absolute atomic E-state index is 0.533. The molecule has 0 aliphatic rings. The Morgan fingerprint density at radius 3 is 2.53 bits per heavy atom. The SMILES string of the molecule is CCc1nc(C)ccc1OCc1ccccc1CN. The maximum atomic E-state index is 5.89. The fraction of sp³-hybridized carbons (Fsp3) is 0.312. The minimum atomic E-state index is 0.533.